The van der Waals surface area contributed by atoms with E-state index in [-0.39, 0.29) is 5.95 Å². The Hall–Kier alpha value is -1.73. The number of nitrogen functional groups attached to an aromatic ring is 1. The Kier molecular flexibility index (Phi) is 5.90. The highest BCUT2D eigenvalue weighted by Gasteiger charge is 2.13. The van der Waals surface area contributed by atoms with E-state index in [2.05, 4.69) is 15.3 Å². The minimum Gasteiger partial charge on any atom is -0.368 e. The zero-order valence-electron chi connectivity index (χ0n) is 12.4. The monoisotopic (exact) mass is 368 g/mol. The first-order chi connectivity index (χ1) is 11.0. The lowest BCUT2D eigenvalue weighted by atomic mass is 10.1. The minimum atomic E-state index is 0.151. The Morgan fingerprint density at radius 3 is 2.48 bits per heavy atom. The SMILES string of the molecule is CNC.Nc1nc(-c2ccc(Cl)c(Cl)c2)c2cc(C=O)sc2n1. The molecule has 5 nitrogen and oxygen atoms in total. The van der Waals surface area contributed by atoms with Gasteiger partial charge in [-0.25, -0.2) is 9.97 Å². The summed E-state index contributed by atoms with van der Waals surface area (Å²) >= 11 is 13.2. The number of hydrogen-bond donors (Lipinski definition) is 2. The Bertz CT molecular complexity index is 851. The van der Waals surface area contributed by atoms with Crippen LogP contribution < -0.4 is 11.1 Å². The van der Waals surface area contributed by atoms with Gasteiger partial charge >= 0.3 is 0 Å². The number of carbonyl (C=O) groups is 1. The predicted molar refractivity (Wildman–Crippen MR) is 97.7 cm³/mol. The van der Waals surface area contributed by atoms with Crippen molar-refractivity contribution in [1.29, 1.82) is 0 Å². The molecule has 0 aliphatic rings. The molecule has 23 heavy (non-hydrogen) atoms. The second kappa shape index (κ2) is 7.70. The average molecular weight is 369 g/mol. The molecule has 0 atom stereocenters. The van der Waals surface area contributed by atoms with Crippen molar-refractivity contribution in [2.45, 2.75) is 0 Å². The van der Waals surface area contributed by atoms with Crippen LogP contribution in [0.15, 0.2) is 24.3 Å². The van der Waals surface area contributed by atoms with E-state index < -0.39 is 0 Å². The van der Waals surface area contributed by atoms with Crippen molar-refractivity contribution in [2.24, 2.45) is 0 Å². The molecule has 0 radical (unpaired) electrons. The number of aldehydes is 1. The molecule has 3 rings (SSSR count). The van der Waals surface area contributed by atoms with Gasteiger partial charge in [0.2, 0.25) is 5.95 Å². The van der Waals surface area contributed by atoms with Crippen LogP contribution in [-0.4, -0.2) is 30.3 Å². The van der Waals surface area contributed by atoms with Crippen molar-refractivity contribution >= 4 is 57.0 Å². The molecule has 0 aliphatic carbocycles. The molecule has 0 unspecified atom stereocenters. The molecule has 2 heterocycles. The van der Waals surface area contributed by atoms with Crippen molar-refractivity contribution in [1.82, 2.24) is 15.3 Å². The first kappa shape index (κ1) is 17.6. The first-order valence-corrected chi connectivity index (χ1v) is 8.13. The van der Waals surface area contributed by atoms with Gasteiger partial charge < -0.3 is 11.1 Å². The van der Waals surface area contributed by atoms with Crippen molar-refractivity contribution in [3.63, 3.8) is 0 Å². The van der Waals surface area contributed by atoms with Gasteiger partial charge in [-0.15, -0.1) is 11.3 Å². The molecule has 2 aromatic heterocycles. The Morgan fingerprint density at radius 2 is 1.87 bits per heavy atom. The van der Waals surface area contributed by atoms with Crippen LogP contribution in [0, 0.1) is 0 Å². The molecule has 0 amide bonds. The molecule has 0 aliphatic heterocycles. The van der Waals surface area contributed by atoms with E-state index in [4.69, 9.17) is 28.9 Å². The van der Waals surface area contributed by atoms with Crippen molar-refractivity contribution in [3.05, 3.63) is 39.2 Å². The van der Waals surface area contributed by atoms with Crippen LogP contribution in [0.5, 0.6) is 0 Å². The summed E-state index contributed by atoms with van der Waals surface area (Å²) in [5.74, 6) is 0.151. The summed E-state index contributed by atoms with van der Waals surface area (Å²) in [5, 5.41) is 4.41. The second-order valence-electron chi connectivity index (χ2n) is 4.54. The minimum absolute atomic E-state index is 0.151. The summed E-state index contributed by atoms with van der Waals surface area (Å²) in [6.45, 7) is 0. The van der Waals surface area contributed by atoms with Gasteiger partial charge in [-0.2, -0.15) is 0 Å². The number of fused-ring (bicyclic) bond motifs is 1. The number of nitrogens with two attached hydrogens (primary N) is 1. The zero-order chi connectivity index (χ0) is 17.0. The number of nitrogens with one attached hydrogen (secondary N) is 1. The van der Waals surface area contributed by atoms with E-state index >= 15 is 0 Å². The molecule has 8 heteroatoms. The van der Waals surface area contributed by atoms with Gasteiger partial charge in [0.15, 0.2) is 6.29 Å². The van der Waals surface area contributed by atoms with Crippen LogP contribution in [0.4, 0.5) is 5.95 Å². The van der Waals surface area contributed by atoms with Crippen LogP contribution in [0.25, 0.3) is 21.5 Å². The fourth-order valence-electron chi connectivity index (χ4n) is 1.88. The summed E-state index contributed by atoms with van der Waals surface area (Å²) in [6.07, 6.45) is 0.779. The lowest BCUT2D eigenvalue weighted by molar-refractivity contribution is 0.112. The van der Waals surface area contributed by atoms with E-state index in [0.717, 1.165) is 17.2 Å². The number of anilines is 1. The normalized spacial score (nSPS) is 10.3. The molecule has 120 valence electrons. The molecule has 0 bridgehead atoms. The van der Waals surface area contributed by atoms with Gasteiger partial charge in [-0.3, -0.25) is 4.79 Å². The Labute approximate surface area is 147 Å². The van der Waals surface area contributed by atoms with E-state index in [1.165, 1.54) is 11.3 Å². The topological polar surface area (TPSA) is 80.9 Å². The standard InChI is InChI=1S/C13H7Cl2N3OS.C2H7N/c14-9-2-1-6(3-10(9)15)11-8-4-7(5-19)20-12(8)18-13(16)17-11;1-3-2/h1-5H,(H2,16,17,18);3H,1-2H3. The summed E-state index contributed by atoms with van der Waals surface area (Å²) in [7, 11) is 3.75. The van der Waals surface area contributed by atoms with Crippen molar-refractivity contribution in [3.8, 4) is 11.3 Å². The lowest BCUT2D eigenvalue weighted by Gasteiger charge is -2.05. The fraction of sp³-hybridized carbons (Fsp3) is 0.133. The molecule has 0 saturated heterocycles. The lowest BCUT2D eigenvalue weighted by Crippen LogP contribution is -1.96. The number of hydrogen-bond acceptors (Lipinski definition) is 6. The summed E-state index contributed by atoms with van der Waals surface area (Å²) in [5.41, 5.74) is 7.12. The maximum absolute atomic E-state index is 10.9. The quantitative estimate of drug-likeness (QED) is 0.670. The number of aromatic nitrogens is 2. The molecule has 0 spiro atoms. The van der Waals surface area contributed by atoms with Gasteiger partial charge in [0.05, 0.1) is 20.6 Å². The third-order valence-corrected chi connectivity index (χ3v) is 4.43. The second-order valence-corrected chi connectivity index (χ2v) is 6.42. The molecule has 0 saturated carbocycles. The van der Waals surface area contributed by atoms with Crippen LogP contribution in [0.2, 0.25) is 10.0 Å². The van der Waals surface area contributed by atoms with E-state index in [0.29, 0.717) is 25.4 Å². The van der Waals surface area contributed by atoms with Crippen LogP contribution in [0.1, 0.15) is 9.67 Å². The van der Waals surface area contributed by atoms with E-state index in [9.17, 15) is 4.79 Å². The number of thiophene rings is 1. The van der Waals surface area contributed by atoms with Crippen molar-refractivity contribution in [2.75, 3.05) is 19.8 Å². The number of halogens is 2. The highest BCUT2D eigenvalue weighted by molar-refractivity contribution is 7.20. The van der Waals surface area contributed by atoms with Gasteiger partial charge in [0.1, 0.15) is 4.83 Å². The first-order valence-electron chi connectivity index (χ1n) is 6.56. The number of benzene rings is 1. The van der Waals surface area contributed by atoms with Gasteiger partial charge in [-0.05, 0) is 32.3 Å². The van der Waals surface area contributed by atoms with Crippen LogP contribution in [-0.2, 0) is 0 Å². The summed E-state index contributed by atoms with van der Waals surface area (Å²) < 4.78 is 0. The number of rotatable bonds is 2. The van der Waals surface area contributed by atoms with Crippen molar-refractivity contribution < 1.29 is 4.79 Å². The van der Waals surface area contributed by atoms with Gasteiger partial charge in [-0.1, -0.05) is 29.3 Å². The largest absolute Gasteiger partial charge is 0.368 e. The third kappa shape index (κ3) is 3.97. The van der Waals surface area contributed by atoms with Crippen LogP contribution >= 0.6 is 34.5 Å². The molecule has 1 aromatic carbocycles. The highest BCUT2D eigenvalue weighted by Crippen LogP contribution is 2.34. The molecular weight excluding hydrogens is 355 g/mol. The predicted octanol–water partition coefficient (Wildman–Crippen LogP) is 3.90. The highest BCUT2D eigenvalue weighted by atomic mass is 35.5. The number of nitrogens with zero attached hydrogens (tertiary/aromatic N) is 2. The smallest absolute Gasteiger partial charge is 0.221 e. The summed E-state index contributed by atoms with van der Waals surface area (Å²) in [6, 6.07) is 6.94. The Morgan fingerprint density at radius 1 is 1.17 bits per heavy atom. The molecular formula is C15H14Cl2N4OS. The number of carbonyl (C=O) groups excluding carboxylic acids is 1. The fourth-order valence-corrected chi connectivity index (χ4v) is 3.03. The zero-order valence-corrected chi connectivity index (χ0v) is 14.8. The summed E-state index contributed by atoms with van der Waals surface area (Å²) in [4.78, 5) is 20.5. The third-order valence-electron chi connectivity index (χ3n) is 2.74. The van der Waals surface area contributed by atoms with Gasteiger partial charge in [0, 0.05) is 10.9 Å². The molecule has 0 fully saturated rings. The van der Waals surface area contributed by atoms with Crippen LogP contribution in [0.3, 0.4) is 0 Å². The Balaban J connectivity index is 0.000000595. The maximum atomic E-state index is 10.9. The van der Waals surface area contributed by atoms with Gasteiger partial charge in [0.25, 0.3) is 0 Å². The molecule has 3 N–H and O–H groups in total. The van der Waals surface area contributed by atoms with E-state index in [1.54, 1.807) is 24.3 Å². The average Bonchev–Trinajstić information content (AvgIpc) is 2.93. The maximum Gasteiger partial charge on any atom is 0.221 e. The molecule has 3 aromatic rings. The van der Waals surface area contributed by atoms with E-state index in [1.807, 2.05) is 14.1 Å².